The van der Waals surface area contributed by atoms with Crippen LogP contribution in [-0.2, 0) is 13.0 Å². The van der Waals surface area contributed by atoms with Gasteiger partial charge < -0.3 is 5.11 Å². The SMILES string of the molecule is Cc1ccc(C[C@@H]2CCN(Cc3ccc(-c4ccccc4C(=O)O)cc3)C2)nc1. The maximum atomic E-state index is 11.5. The molecule has 148 valence electrons. The van der Waals surface area contributed by atoms with Crippen molar-refractivity contribution in [3.05, 3.63) is 89.2 Å². The lowest BCUT2D eigenvalue weighted by Gasteiger charge is -2.16. The Kier molecular flexibility index (Phi) is 5.72. The van der Waals surface area contributed by atoms with E-state index in [1.54, 1.807) is 12.1 Å². The molecule has 2 heterocycles. The number of carbonyl (C=O) groups is 1. The van der Waals surface area contributed by atoms with Gasteiger partial charge in [0.1, 0.15) is 0 Å². The van der Waals surface area contributed by atoms with Crippen LogP contribution in [0, 0.1) is 12.8 Å². The first-order valence-electron chi connectivity index (χ1n) is 10.1. The van der Waals surface area contributed by atoms with Crippen LogP contribution in [0.25, 0.3) is 11.1 Å². The average Bonchev–Trinajstić information content (AvgIpc) is 3.17. The number of benzene rings is 2. The van der Waals surface area contributed by atoms with E-state index in [9.17, 15) is 9.90 Å². The summed E-state index contributed by atoms with van der Waals surface area (Å²) < 4.78 is 0. The molecular weight excluding hydrogens is 360 g/mol. The lowest BCUT2D eigenvalue weighted by atomic mass is 9.98. The van der Waals surface area contributed by atoms with Gasteiger partial charge in [-0.2, -0.15) is 0 Å². The molecule has 0 amide bonds. The second kappa shape index (κ2) is 8.58. The number of carboxylic acids is 1. The van der Waals surface area contributed by atoms with Crippen LogP contribution >= 0.6 is 0 Å². The second-order valence-electron chi connectivity index (χ2n) is 7.97. The molecule has 4 rings (SSSR count). The van der Waals surface area contributed by atoms with Crippen molar-refractivity contribution in [1.82, 2.24) is 9.88 Å². The number of hydrogen-bond acceptors (Lipinski definition) is 3. The minimum absolute atomic E-state index is 0.340. The molecule has 4 nitrogen and oxygen atoms in total. The Bertz CT molecular complexity index is 980. The molecule has 0 unspecified atom stereocenters. The Balaban J connectivity index is 1.37. The van der Waals surface area contributed by atoms with E-state index in [0.717, 1.165) is 37.2 Å². The third-order valence-electron chi connectivity index (χ3n) is 5.67. The van der Waals surface area contributed by atoms with Crippen LogP contribution in [0.3, 0.4) is 0 Å². The quantitative estimate of drug-likeness (QED) is 0.660. The van der Waals surface area contributed by atoms with E-state index in [1.165, 1.54) is 23.2 Å². The highest BCUT2D eigenvalue weighted by atomic mass is 16.4. The van der Waals surface area contributed by atoms with Gasteiger partial charge in [-0.05, 0) is 66.6 Å². The monoisotopic (exact) mass is 386 g/mol. The van der Waals surface area contributed by atoms with Crippen molar-refractivity contribution in [1.29, 1.82) is 0 Å². The number of aromatic carboxylic acids is 1. The maximum Gasteiger partial charge on any atom is 0.336 e. The zero-order valence-corrected chi connectivity index (χ0v) is 16.7. The molecule has 0 radical (unpaired) electrons. The average molecular weight is 386 g/mol. The molecule has 4 heteroatoms. The van der Waals surface area contributed by atoms with Crippen molar-refractivity contribution >= 4 is 5.97 Å². The van der Waals surface area contributed by atoms with E-state index in [1.807, 2.05) is 30.5 Å². The summed E-state index contributed by atoms with van der Waals surface area (Å²) in [5.74, 6) is -0.234. The number of aryl methyl sites for hydroxylation is 1. The summed E-state index contributed by atoms with van der Waals surface area (Å²) in [6.07, 6.45) is 4.20. The fraction of sp³-hybridized carbons (Fsp3) is 0.280. The molecule has 2 aromatic carbocycles. The van der Waals surface area contributed by atoms with Gasteiger partial charge >= 0.3 is 5.97 Å². The predicted octanol–water partition coefficient (Wildman–Crippen LogP) is 4.82. The minimum Gasteiger partial charge on any atom is -0.478 e. The molecule has 3 aromatic rings. The zero-order valence-electron chi connectivity index (χ0n) is 16.7. The highest BCUT2D eigenvalue weighted by molar-refractivity contribution is 5.95. The smallest absolute Gasteiger partial charge is 0.336 e. The van der Waals surface area contributed by atoms with Crippen molar-refractivity contribution in [3.8, 4) is 11.1 Å². The summed E-state index contributed by atoms with van der Waals surface area (Å²) in [7, 11) is 0. The number of likely N-dealkylation sites (tertiary alicyclic amines) is 1. The number of rotatable bonds is 6. The minimum atomic E-state index is -0.893. The normalized spacial score (nSPS) is 16.8. The Hall–Kier alpha value is -2.98. The van der Waals surface area contributed by atoms with Crippen LogP contribution in [0.5, 0.6) is 0 Å². The Labute approximate surface area is 171 Å². The summed E-state index contributed by atoms with van der Waals surface area (Å²) in [6.45, 7) is 5.21. The molecule has 1 aliphatic heterocycles. The van der Waals surface area contributed by atoms with Gasteiger partial charge in [0.15, 0.2) is 0 Å². The first-order valence-corrected chi connectivity index (χ1v) is 10.1. The van der Waals surface area contributed by atoms with Gasteiger partial charge in [-0.3, -0.25) is 9.88 Å². The second-order valence-corrected chi connectivity index (χ2v) is 7.97. The summed E-state index contributed by atoms with van der Waals surface area (Å²) in [4.78, 5) is 18.5. The van der Waals surface area contributed by atoms with Crippen LogP contribution in [0.2, 0.25) is 0 Å². The summed E-state index contributed by atoms with van der Waals surface area (Å²) in [6, 6.07) is 19.7. The van der Waals surface area contributed by atoms with Gasteiger partial charge in [-0.15, -0.1) is 0 Å². The Morgan fingerprint density at radius 3 is 2.62 bits per heavy atom. The third-order valence-corrected chi connectivity index (χ3v) is 5.67. The molecular formula is C25H26N2O2. The van der Waals surface area contributed by atoms with E-state index >= 15 is 0 Å². The van der Waals surface area contributed by atoms with Crippen molar-refractivity contribution in [2.75, 3.05) is 13.1 Å². The van der Waals surface area contributed by atoms with Gasteiger partial charge in [0.05, 0.1) is 5.56 Å². The van der Waals surface area contributed by atoms with Crippen LogP contribution in [0.4, 0.5) is 0 Å². The first-order chi connectivity index (χ1) is 14.1. The number of pyridine rings is 1. The lowest BCUT2D eigenvalue weighted by molar-refractivity contribution is 0.0697. The van der Waals surface area contributed by atoms with Crippen LogP contribution in [-0.4, -0.2) is 34.0 Å². The predicted molar refractivity (Wildman–Crippen MR) is 115 cm³/mol. The van der Waals surface area contributed by atoms with Crippen molar-refractivity contribution in [3.63, 3.8) is 0 Å². The maximum absolute atomic E-state index is 11.5. The number of hydrogen-bond donors (Lipinski definition) is 1. The lowest BCUT2D eigenvalue weighted by Crippen LogP contribution is -2.20. The summed E-state index contributed by atoms with van der Waals surface area (Å²) in [5.41, 5.74) is 5.69. The Morgan fingerprint density at radius 2 is 1.90 bits per heavy atom. The molecule has 0 spiro atoms. The van der Waals surface area contributed by atoms with Gasteiger partial charge in [-0.25, -0.2) is 4.79 Å². The van der Waals surface area contributed by atoms with Crippen molar-refractivity contribution < 1.29 is 9.90 Å². The fourth-order valence-corrected chi connectivity index (χ4v) is 4.11. The largest absolute Gasteiger partial charge is 0.478 e. The Morgan fingerprint density at radius 1 is 1.10 bits per heavy atom. The van der Waals surface area contributed by atoms with E-state index in [-0.39, 0.29) is 0 Å². The topological polar surface area (TPSA) is 53.4 Å². The highest BCUT2D eigenvalue weighted by Crippen LogP contribution is 2.26. The standard InChI is InChI=1S/C25H26N2O2/c1-18-6-11-22(26-15-18)14-20-12-13-27(17-20)16-19-7-9-21(10-8-19)23-4-2-3-5-24(23)25(28)29/h2-11,15,20H,12-14,16-17H2,1H3,(H,28,29)/t20-/m0/s1. The zero-order chi connectivity index (χ0) is 20.2. The highest BCUT2D eigenvalue weighted by Gasteiger charge is 2.23. The number of aromatic nitrogens is 1. The van der Waals surface area contributed by atoms with Gasteiger partial charge in [0.2, 0.25) is 0 Å². The molecule has 0 aliphatic carbocycles. The molecule has 1 saturated heterocycles. The molecule has 1 aromatic heterocycles. The van der Waals surface area contributed by atoms with Crippen molar-refractivity contribution in [2.24, 2.45) is 5.92 Å². The van der Waals surface area contributed by atoms with E-state index in [2.05, 4.69) is 41.1 Å². The van der Waals surface area contributed by atoms with Gasteiger partial charge in [-0.1, -0.05) is 48.5 Å². The van der Waals surface area contributed by atoms with Crippen LogP contribution in [0.15, 0.2) is 66.9 Å². The molecule has 0 saturated carbocycles. The van der Waals surface area contributed by atoms with Crippen LogP contribution < -0.4 is 0 Å². The molecule has 29 heavy (non-hydrogen) atoms. The van der Waals surface area contributed by atoms with Gasteiger partial charge in [0, 0.05) is 25.0 Å². The van der Waals surface area contributed by atoms with Crippen molar-refractivity contribution in [2.45, 2.75) is 26.3 Å². The van der Waals surface area contributed by atoms with E-state index < -0.39 is 5.97 Å². The molecule has 1 fully saturated rings. The van der Waals surface area contributed by atoms with Gasteiger partial charge in [0.25, 0.3) is 0 Å². The molecule has 1 aliphatic rings. The fourth-order valence-electron chi connectivity index (χ4n) is 4.11. The first kappa shape index (κ1) is 19.3. The summed E-state index contributed by atoms with van der Waals surface area (Å²) >= 11 is 0. The van der Waals surface area contributed by atoms with Crippen LogP contribution in [0.1, 0.15) is 33.6 Å². The number of carboxylic acid groups (broad SMARTS) is 1. The van der Waals surface area contributed by atoms with E-state index in [0.29, 0.717) is 11.5 Å². The molecule has 1 atom stereocenters. The third kappa shape index (κ3) is 4.72. The number of nitrogens with zero attached hydrogens (tertiary/aromatic N) is 2. The molecule has 1 N–H and O–H groups in total. The van der Waals surface area contributed by atoms with E-state index in [4.69, 9.17) is 0 Å². The molecule has 0 bridgehead atoms. The summed E-state index contributed by atoms with van der Waals surface area (Å²) in [5, 5.41) is 9.40.